The van der Waals surface area contributed by atoms with E-state index in [-0.39, 0.29) is 11.7 Å². The van der Waals surface area contributed by atoms with E-state index in [4.69, 9.17) is 23.7 Å². The molecule has 31 heavy (non-hydrogen) atoms. The van der Waals surface area contributed by atoms with Gasteiger partial charge in [0.25, 0.3) is 0 Å². The molecule has 1 aliphatic heterocycles. The summed E-state index contributed by atoms with van der Waals surface area (Å²) in [4.78, 5) is 13.5. The quantitative estimate of drug-likeness (QED) is 0.447. The highest BCUT2D eigenvalue weighted by atomic mass is 16.7. The smallest absolute Gasteiger partial charge is 0.200 e. The van der Waals surface area contributed by atoms with Gasteiger partial charge < -0.3 is 28.3 Å². The molecule has 1 aliphatic rings. The Kier molecular flexibility index (Phi) is 7.55. The predicted octanol–water partition coefficient (Wildman–Crippen LogP) is 3.90. The van der Waals surface area contributed by atoms with Gasteiger partial charge in [0.1, 0.15) is 11.5 Å². The Morgan fingerprint density at radius 3 is 2.55 bits per heavy atom. The number of aromatic nitrogens is 1. The van der Waals surface area contributed by atoms with Gasteiger partial charge in [0, 0.05) is 36.9 Å². The first-order chi connectivity index (χ1) is 15.0. The predicted molar refractivity (Wildman–Crippen MR) is 121 cm³/mol. The van der Waals surface area contributed by atoms with Crippen molar-refractivity contribution in [3.63, 3.8) is 0 Å². The lowest BCUT2D eigenvalue weighted by Gasteiger charge is -2.18. The van der Waals surface area contributed by atoms with Crippen LogP contribution in [0.2, 0.25) is 0 Å². The standard InChI is InChI=1S/C24H29NO6/c1-6-17(8-7-16(2)27-3)19-15-25(10-9-22-30-11-12-31-22)20-13-18(28-4)14-21(29-5)23(20)24(19)26/h6-8,13-15,22H,1,9-12H2,2-5H3/b16-7+,17-8+. The van der Waals surface area contributed by atoms with E-state index in [2.05, 4.69) is 6.58 Å². The van der Waals surface area contributed by atoms with Crippen LogP contribution in [0.4, 0.5) is 0 Å². The largest absolute Gasteiger partial charge is 0.501 e. The van der Waals surface area contributed by atoms with Crippen LogP contribution in [0.15, 0.2) is 53.7 Å². The minimum atomic E-state index is -0.257. The number of pyridine rings is 1. The number of allylic oxidation sites excluding steroid dienone is 5. The van der Waals surface area contributed by atoms with Gasteiger partial charge in [-0.3, -0.25) is 4.79 Å². The Morgan fingerprint density at radius 1 is 1.19 bits per heavy atom. The van der Waals surface area contributed by atoms with E-state index in [1.165, 1.54) is 0 Å². The van der Waals surface area contributed by atoms with Gasteiger partial charge in [0.2, 0.25) is 5.43 Å². The van der Waals surface area contributed by atoms with Crippen LogP contribution in [0.5, 0.6) is 11.5 Å². The highest BCUT2D eigenvalue weighted by Crippen LogP contribution is 2.31. The number of hydrogen-bond donors (Lipinski definition) is 0. The summed E-state index contributed by atoms with van der Waals surface area (Å²) in [6.45, 7) is 7.51. The molecular weight excluding hydrogens is 398 g/mol. The van der Waals surface area contributed by atoms with Crippen LogP contribution in [0, 0.1) is 0 Å². The number of aryl methyl sites for hydroxylation is 1. The summed E-state index contributed by atoms with van der Waals surface area (Å²) in [6, 6.07) is 3.55. The molecule has 0 saturated carbocycles. The average molecular weight is 427 g/mol. The molecule has 0 amide bonds. The fourth-order valence-electron chi connectivity index (χ4n) is 3.48. The number of nitrogens with zero attached hydrogens (tertiary/aromatic N) is 1. The summed E-state index contributed by atoms with van der Waals surface area (Å²) >= 11 is 0. The van der Waals surface area contributed by atoms with Crippen LogP contribution in [0.25, 0.3) is 16.5 Å². The molecule has 1 saturated heterocycles. The molecule has 0 atom stereocenters. The van der Waals surface area contributed by atoms with Gasteiger partial charge in [-0.2, -0.15) is 0 Å². The molecule has 1 aromatic carbocycles. The van der Waals surface area contributed by atoms with Crippen molar-refractivity contribution in [3.8, 4) is 11.5 Å². The van der Waals surface area contributed by atoms with Crippen molar-refractivity contribution >= 4 is 16.5 Å². The molecule has 3 rings (SSSR count). The number of hydrogen-bond acceptors (Lipinski definition) is 6. The maximum Gasteiger partial charge on any atom is 0.200 e. The highest BCUT2D eigenvalue weighted by molar-refractivity contribution is 5.91. The van der Waals surface area contributed by atoms with E-state index in [1.807, 2.05) is 29.8 Å². The number of fused-ring (bicyclic) bond motifs is 1. The van der Waals surface area contributed by atoms with Crippen molar-refractivity contribution in [1.82, 2.24) is 4.57 Å². The van der Waals surface area contributed by atoms with Gasteiger partial charge in [-0.25, -0.2) is 0 Å². The fraction of sp³-hybridized carbons (Fsp3) is 0.375. The molecule has 1 aromatic heterocycles. The lowest BCUT2D eigenvalue weighted by Crippen LogP contribution is -2.18. The molecule has 0 bridgehead atoms. The van der Waals surface area contributed by atoms with Gasteiger partial charge in [-0.1, -0.05) is 18.7 Å². The van der Waals surface area contributed by atoms with Crippen molar-refractivity contribution < 1.29 is 23.7 Å². The number of benzene rings is 1. The van der Waals surface area contributed by atoms with Crippen LogP contribution in [-0.4, -0.2) is 45.4 Å². The summed E-state index contributed by atoms with van der Waals surface area (Å²) < 4.78 is 29.3. The molecule has 0 spiro atoms. The van der Waals surface area contributed by atoms with Crippen LogP contribution >= 0.6 is 0 Å². The zero-order valence-electron chi connectivity index (χ0n) is 18.5. The van der Waals surface area contributed by atoms with E-state index >= 15 is 0 Å². The van der Waals surface area contributed by atoms with Crippen molar-refractivity contribution in [2.24, 2.45) is 0 Å². The summed E-state index contributed by atoms with van der Waals surface area (Å²) in [7, 11) is 4.72. The Labute approximate surface area is 182 Å². The van der Waals surface area contributed by atoms with E-state index in [1.54, 1.807) is 39.5 Å². The molecule has 0 N–H and O–H groups in total. The minimum absolute atomic E-state index is 0.145. The SMILES string of the molecule is C=C/C(=C\C=C(/C)OC)c1cn(CCC2OCCO2)c2cc(OC)cc(OC)c2c1=O. The molecular formula is C24H29NO6. The molecule has 2 heterocycles. The summed E-state index contributed by atoms with van der Waals surface area (Å²) in [5.74, 6) is 1.78. The van der Waals surface area contributed by atoms with Crippen LogP contribution in [-0.2, 0) is 20.8 Å². The molecule has 2 aromatic rings. The number of ether oxygens (including phenoxy) is 5. The van der Waals surface area contributed by atoms with E-state index in [0.29, 0.717) is 54.2 Å². The second-order valence-electron chi connectivity index (χ2n) is 7.06. The maximum atomic E-state index is 13.5. The fourth-order valence-corrected chi connectivity index (χ4v) is 3.48. The zero-order valence-corrected chi connectivity index (χ0v) is 18.5. The van der Waals surface area contributed by atoms with E-state index < -0.39 is 0 Å². The third kappa shape index (κ3) is 5.00. The normalized spacial score (nSPS) is 15.4. The summed E-state index contributed by atoms with van der Waals surface area (Å²) in [5.41, 5.74) is 1.77. The summed E-state index contributed by atoms with van der Waals surface area (Å²) in [6.07, 6.45) is 7.50. The third-order valence-electron chi connectivity index (χ3n) is 5.22. The van der Waals surface area contributed by atoms with Gasteiger partial charge >= 0.3 is 0 Å². The van der Waals surface area contributed by atoms with Gasteiger partial charge in [0.05, 0.1) is 51.2 Å². The lowest BCUT2D eigenvalue weighted by molar-refractivity contribution is -0.0489. The van der Waals surface area contributed by atoms with Gasteiger partial charge in [0.15, 0.2) is 6.29 Å². The summed E-state index contributed by atoms with van der Waals surface area (Å²) in [5, 5.41) is 0.481. The first-order valence-corrected chi connectivity index (χ1v) is 10.1. The van der Waals surface area contributed by atoms with Crippen molar-refractivity contribution in [2.75, 3.05) is 34.5 Å². The third-order valence-corrected chi connectivity index (χ3v) is 5.22. The Hall–Kier alpha value is -3.03. The Morgan fingerprint density at radius 2 is 1.94 bits per heavy atom. The molecule has 0 radical (unpaired) electrons. The first-order valence-electron chi connectivity index (χ1n) is 10.1. The zero-order chi connectivity index (χ0) is 22.4. The minimum Gasteiger partial charge on any atom is -0.501 e. The Balaban J connectivity index is 2.21. The Bertz CT molecular complexity index is 1060. The van der Waals surface area contributed by atoms with Crippen molar-refractivity contribution in [3.05, 3.63) is 64.7 Å². The average Bonchev–Trinajstić information content (AvgIpc) is 3.32. The number of methoxy groups -OCH3 is 3. The second kappa shape index (κ2) is 10.3. The monoisotopic (exact) mass is 427 g/mol. The van der Waals surface area contributed by atoms with Gasteiger partial charge in [-0.05, 0) is 18.6 Å². The molecule has 166 valence electrons. The highest BCUT2D eigenvalue weighted by Gasteiger charge is 2.19. The topological polar surface area (TPSA) is 68.2 Å². The molecule has 0 aliphatic carbocycles. The maximum absolute atomic E-state index is 13.5. The second-order valence-corrected chi connectivity index (χ2v) is 7.06. The lowest BCUT2D eigenvalue weighted by atomic mass is 10.0. The van der Waals surface area contributed by atoms with Gasteiger partial charge in [-0.15, -0.1) is 0 Å². The number of rotatable bonds is 9. The first kappa shape index (κ1) is 22.7. The van der Waals surface area contributed by atoms with Crippen LogP contribution in [0.3, 0.4) is 0 Å². The van der Waals surface area contributed by atoms with E-state index in [9.17, 15) is 4.79 Å². The van der Waals surface area contributed by atoms with Crippen molar-refractivity contribution in [2.45, 2.75) is 26.2 Å². The molecule has 7 heteroatoms. The van der Waals surface area contributed by atoms with Crippen LogP contribution in [0.1, 0.15) is 18.9 Å². The molecule has 1 fully saturated rings. The van der Waals surface area contributed by atoms with Crippen LogP contribution < -0.4 is 14.9 Å². The van der Waals surface area contributed by atoms with Crippen molar-refractivity contribution in [1.29, 1.82) is 0 Å². The van der Waals surface area contributed by atoms with E-state index in [0.717, 1.165) is 11.3 Å². The molecule has 7 nitrogen and oxygen atoms in total. The molecule has 0 unspecified atom stereocenters.